The maximum absolute atomic E-state index is 6.27. The molecule has 0 amide bonds. The lowest BCUT2D eigenvalue weighted by molar-refractivity contribution is 0.669. The summed E-state index contributed by atoms with van der Waals surface area (Å²) in [6.07, 6.45) is 0. The molecule has 0 atom stereocenters. The van der Waals surface area contributed by atoms with Gasteiger partial charge in [-0.2, -0.15) is 0 Å². The Labute approximate surface area is 402 Å². The predicted octanol–water partition coefficient (Wildman–Crippen LogP) is 18.1. The minimum absolute atomic E-state index is 0.503. The van der Waals surface area contributed by atoms with Gasteiger partial charge in [0.15, 0.2) is 0 Å². The molecule has 1 heterocycles. The minimum atomic E-state index is -0.503. The topological polar surface area (TPSA) is 16.4 Å². The van der Waals surface area contributed by atoms with E-state index < -0.39 is 5.41 Å². The maximum atomic E-state index is 6.27. The first kappa shape index (κ1) is 40.3. The van der Waals surface area contributed by atoms with E-state index >= 15 is 0 Å². The molecule has 1 aromatic heterocycles. The van der Waals surface area contributed by atoms with Gasteiger partial charge >= 0.3 is 0 Å². The molecule has 0 unspecified atom stereocenters. The summed E-state index contributed by atoms with van der Waals surface area (Å²) in [7, 11) is 0. The van der Waals surface area contributed by atoms with Crippen LogP contribution < -0.4 is 4.90 Å². The van der Waals surface area contributed by atoms with Gasteiger partial charge in [0.2, 0.25) is 0 Å². The van der Waals surface area contributed by atoms with Crippen LogP contribution in [-0.2, 0) is 5.41 Å². The Morgan fingerprint density at radius 1 is 0.275 bits per heavy atom. The number of furan rings is 1. The number of hydrogen-bond donors (Lipinski definition) is 0. The fraction of sp³-hybridized carbons (Fsp3) is 0.0149. The largest absolute Gasteiger partial charge is 0.456 e. The van der Waals surface area contributed by atoms with Crippen molar-refractivity contribution in [1.82, 2.24) is 0 Å². The van der Waals surface area contributed by atoms with Crippen molar-refractivity contribution in [2.45, 2.75) is 5.41 Å². The van der Waals surface area contributed by atoms with E-state index in [1.807, 2.05) is 12.1 Å². The van der Waals surface area contributed by atoms with Gasteiger partial charge in [-0.1, -0.05) is 224 Å². The molecule has 0 saturated heterocycles. The molecule has 0 bridgehead atoms. The van der Waals surface area contributed by atoms with Crippen LogP contribution in [0.15, 0.2) is 277 Å². The monoisotopic (exact) mass is 879 g/mol. The molecule has 12 aromatic rings. The standard InChI is InChI=1S/C67H45NO/c1-4-21-46(22-5-1)53-29-10-11-30-54(53)55-31-12-13-32-56(55)58-34-15-18-37-64(58)68(51-28-20-23-47(43-51)48-39-42-66-61(44-48)59-35-16-19-38-65(59)69-66)52-40-41-63-60(45-52)57-33-14-17-36-62(57)67(63,49-24-6-2-7-25-49)50-26-8-3-9-27-50/h1-45H. The van der Waals surface area contributed by atoms with E-state index in [1.54, 1.807) is 0 Å². The zero-order valence-corrected chi connectivity index (χ0v) is 37.8. The Morgan fingerprint density at radius 3 is 1.52 bits per heavy atom. The second-order valence-electron chi connectivity index (χ2n) is 17.9. The van der Waals surface area contributed by atoms with Crippen molar-refractivity contribution in [3.05, 3.63) is 295 Å². The number of hydrogen-bond acceptors (Lipinski definition) is 2. The second kappa shape index (κ2) is 16.7. The Morgan fingerprint density at radius 2 is 0.783 bits per heavy atom. The van der Waals surface area contributed by atoms with Gasteiger partial charge < -0.3 is 9.32 Å². The fourth-order valence-electron chi connectivity index (χ4n) is 11.2. The Hall–Kier alpha value is -8.98. The van der Waals surface area contributed by atoms with E-state index in [0.29, 0.717) is 0 Å². The molecule has 0 N–H and O–H groups in total. The van der Waals surface area contributed by atoms with Gasteiger partial charge in [0.25, 0.3) is 0 Å². The van der Waals surface area contributed by atoms with Crippen molar-refractivity contribution in [3.8, 4) is 55.6 Å². The van der Waals surface area contributed by atoms with Crippen LogP contribution in [0.5, 0.6) is 0 Å². The molecule has 1 aliphatic rings. The van der Waals surface area contributed by atoms with Crippen LogP contribution in [0.3, 0.4) is 0 Å². The van der Waals surface area contributed by atoms with Gasteiger partial charge in [-0.05, 0) is 121 Å². The lowest BCUT2D eigenvalue weighted by Gasteiger charge is -2.34. The number of rotatable bonds is 9. The number of fused-ring (bicyclic) bond motifs is 6. The van der Waals surface area contributed by atoms with E-state index in [4.69, 9.17) is 4.42 Å². The molecular weight excluding hydrogens is 835 g/mol. The van der Waals surface area contributed by atoms with Crippen molar-refractivity contribution < 1.29 is 4.42 Å². The first-order chi connectivity index (χ1) is 34.2. The average molecular weight is 880 g/mol. The SMILES string of the molecule is c1ccc(-c2ccccc2-c2ccccc2-c2ccccc2N(c2cccc(-c3ccc4oc5ccccc5c4c3)c2)c2ccc3c(c2)-c2ccccc2C3(c2ccccc2)c2ccccc2)cc1. The molecule has 2 heteroatoms. The van der Waals surface area contributed by atoms with Crippen LogP contribution in [0.4, 0.5) is 17.1 Å². The summed E-state index contributed by atoms with van der Waals surface area (Å²) < 4.78 is 6.27. The van der Waals surface area contributed by atoms with Gasteiger partial charge in [-0.15, -0.1) is 0 Å². The summed E-state index contributed by atoms with van der Waals surface area (Å²) in [6, 6.07) is 99.4. The highest BCUT2D eigenvalue weighted by molar-refractivity contribution is 6.06. The van der Waals surface area contributed by atoms with Crippen molar-refractivity contribution in [2.75, 3.05) is 4.90 Å². The molecule has 0 saturated carbocycles. The van der Waals surface area contributed by atoms with Crippen LogP contribution in [-0.4, -0.2) is 0 Å². The van der Waals surface area contributed by atoms with Crippen LogP contribution in [0.25, 0.3) is 77.6 Å². The molecule has 0 spiro atoms. The summed E-state index contributed by atoms with van der Waals surface area (Å²) in [4.78, 5) is 2.47. The molecule has 0 fully saturated rings. The molecule has 0 aliphatic heterocycles. The van der Waals surface area contributed by atoms with Gasteiger partial charge in [0.05, 0.1) is 11.1 Å². The van der Waals surface area contributed by atoms with Gasteiger partial charge in [-0.25, -0.2) is 0 Å². The Kier molecular flexibility index (Phi) is 9.77. The molecule has 0 radical (unpaired) electrons. The normalized spacial score (nSPS) is 12.5. The van der Waals surface area contributed by atoms with E-state index in [2.05, 4.69) is 266 Å². The molecule has 2 nitrogen and oxygen atoms in total. The molecular formula is C67H45NO. The van der Waals surface area contributed by atoms with E-state index in [1.165, 1.54) is 55.6 Å². The first-order valence-corrected chi connectivity index (χ1v) is 23.7. The third-order valence-electron chi connectivity index (χ3n) is 14.2. The quantitative estimate of drug-likeness (QED) is 0.144. The van der Waals surface area contributed by atoms with Crippen LogP contribution in [0.1, 0.15) is 22.3 Å². The third kappa shape index (κ3) is 6.64. The first-order valence-electron chi connectivity index (χ1n) is 23.7. The highest BCUT2D eigenvalue weighted by atomic mass is 16.3. The lowest BCUT2D eigenvalue weighted by atomic mass is 9.68. The Bertz CT molecular complexity index is 3810. The molecule has 11 aromatic carbocycles. The Balaban J connectivity index is 1.04. The van der Waals surface area contributed by atoms with Crippen LogP contribution in [0, 0.1) is 0 Å². The lowest BCUT2D eigenvalue weighted by Crippen LogP contribution is -2.28. The van der Waals surface area contributed by atoms with E-state index in [9.17, 15) is 0 Å². The van der Waals surface area contributed by atoms with E-state index in [0.717, 1.165) is 61.3 Å². The highest BCUT2D eigenvalue weighted by Crippen LogP contribution is 2.57. The average Bonchev–Trinajstić information content (AvgIpc) is 3.95. The summed E-state index contributed by atoms with van der Waals surface area (Å²) >= 11 is 0. The van der Waals surface area contributed by atoms with Gasteiger partial charge in [0.1, 0.15) is 11.2 Å². The predicted molar refractivity (Wildman–Crippen MR) is 287 cm³/mol. The molecule has 13 rings (SSSR count). The summed E-state index contributed by atoms with van der Waals surface area (Å²) in [5.41, 5.74) is 21.3. The van der Waals surface area contributed by atoms with Crippen LogP contribution in [0.2, 0.25) is 0 Å². The zero-order chi connectivity index (χ0) is 45.7. The summed E-state index contributed by atoms with van der Waals surface area (Å²) in [5.74, 6) is 0. The maximum Gasteiger partial charge on any atom is 0.135 e. The number of benzene rings is 11. The van der Waals surface area contributed by atoms with E-state index in [-0.39, 0.29) is 0 Å². The van der Waals surface area contributed by atoms with Crippen LogP contribution >= 0.6 is 0 Å². The fourth-order valence-corrected chi connectivity index (χ4v) is 11.2. The smallest absolute Gasteiger partial charge is 0.135 e. The zero-order valence-electron chi connectivity index (χ0n) is 37.8. The second-order valence-corrected chi connectivity index (χ2v) is 17.9. The molecule has 1 aliphatic carbocycles. The highest BCUT2D eigenvalue weighted by Gasteiger charge is 2.46. The van der Waals surface area contributed by atoms with Crippen molar-refractivity contribution in [2.24, 2.45) is 0 Å². The number of anilines is 3. The molecule has 69 heavy (non-hydrogen) atoms. The molecule has 324 valence electrons. The third-order valence-corrected chi connectivity index (χ3v) is 14.2. The van der Waals surface area contributed by atoms with Crippen molar-refractivity contribution in [1.29, 1.82) is 0 Å². The van der Waals surface area contributed by atoms with Gasteiger partial charge in [-0.3, -0.25) is 0 Å². The van der Waals surface area contributed by atoms with Crippen molar-refractivity contribution >= 4 is 39.0 Å². The summed E-state index contributed by atoms with van der Waals surface area (Å²) in [5, 5.41) is 2.23. The van der Waals surface area contributed by atoms with Crippen molar-refractivity contribution in [3.63, 3.8) is 0 Å². The number of nitrogens with zero attached hydrogens (tertiary/aromatic N) is 1. The number of para-hydroxylation sites is 2. The minimum Gasteiger partial charge on any atom is -0.456 e. The van der Waals surface area contributed by atoms with Gasteiger partial charge in [0, 0.05) is 27.7 Å². The summed E-state index contributed by atoms with van der Waals surface area (Å²) in [6.45, 7) is 0.